The zero-order valence-electron chi connectivity index (χ0n) is 14.6. The van der Waals surface area contributed by atoms with Crippen LogP contribution in [-0.4, -0.2) is 38.9 Å². The first-order valence-corrected chi connectivity index (χ1v) is 10.2. The van der Waals surface area contributed by atoms with Crippen LogP contribution in [0.1, 0.15) is 23.2 Å². The minimum atomic E-state index is -3.70. The van der Waals surface area contributed by atoms with Gasteiger partial charge in [-0.3, -0.25) is 19.1 Å². The fraction of sp³-hybridized carbons (Fsp3) is 0.278. The molecule has 3 N–H and O–H groups in total. The van der Waals surface area contributed by atoms with Gasteiger partial charge in [0, 0.05) is 5.92 Å². The lowest BCUT2D eigenvalue weighted by atomic mass is 10.0. The van der Waals surface area contributed by atoms with Gasteiger partial charge >= 0.3 is 0 Å². The maximum absolute atomic E-state index is 12.6. The third-order valence-corrected chi connectivity index (χ3v) is 4.64. The molecule has 9 heteroatoms. The van der Waals surface area contributed by atoms with E-state index in [1.165, 1.54) is 0 Å². The summed E-state index contributed by atoms with van der Waals surface area (Å²) in [6.07, 6.45) is 2.50. The average Bonchev–Trinajstić information content (AvgIpc) is 3.42. The van der Waals surface area contributed by atoms with Crippen LogP contribution in [0.4, 0.5) is 5.69 Å². The normalized spacial score (nSPS) is 13.8. The zero-order chi connectivity index (χ0) is 19.6. The number of hydrogen-bond donors (Lipinski definition) is 3. The van der Waals surface area contributed by atoms with Gasteiger partial charge in [0.2, 0.25) is 15.9 Å². The smallest absolute Gasteiger partial charge is 0.253 e. The standard InChI is InChI=1S/C18H19N3O5S/c1-27(25,26)21-16(22)10-19-18(24)14-8-12-4-2-3-5-13(12)9-15(14)20-17(23)11-6-7-11/h2-5,8-9,11H,6-7,10H2,1H3,(H,19,24)(H,20,23)(H,21,22). The molecule has 2 aromatic carbocycles. The van der Waals surface area contributed by atoms with E-state index in [4.69, 9.17) is 0 Å². The highest BCUT2D eigenvalue weighted by Crippen LogP contribution is 2.31. The number of amides is 3. The lowest BCUT2D eigenvalue weighted by Crippen LogP contribution is -2.39. The van der Waals surface area contributed by atoms with Crippen molar-refractivity contribution in [3.05, 3.63) is 42.0 Å². The van der Waals surface area contributed by atoms with Gasteiger partial charge in [0.25, 0.3) is 11.8 Å². The molecule has 0 aromatic heterocycles. The molecule has 0 bridgehead atoms. The molecular weight excluding hydrogens is 370 g/mol. The van der Waals surface area contributed by atoms with Crippen molar-refractivity contribution in [1.29, 1.82) is 0 Å². The number of nitrogens with one attached hydrogen (secondary N) is 3. The zero-order valence-corrected chi connectivity index (χ0v) is 15.4. The second kappa shape index (κ2) is 7.36. The Balaban J connectivity index is 1.82. The van der Waals surface area contributed by atoms with Crippen molar-refractivity contribution in [2.75, 3.05) is 18.1 Å². The second-order valence-corrected chi connectivity index (χ2v) is 8.24. The largest absolute Gasteiger partial charge is 0.343 e. The first-order valence-electron chi connectivity index (χ1n) is 8.35. The van der Waals surface area contributed by atoms with Gasteiger partial charge in [0.1, 0.15) is 0 Å². The Kier molecular flexibility index (Phi) is 5.13. The highest BCUT2D eigenvalue weighted by molar-refractivity contribution is 7.89. The molecular formula is C18H19N3O5S. The van der Waals surface area contributed by atoms with E-state index in [-0.39, 0.29) is 17.4 Å². The average molecular weight is 389 g/mol. The first kappa shape index (κ1) is 18.8. The van der Waals surface area contributed by atoms with E-state index in [2.05, 4.69) is 10.6 Å². The van der Waals surface area contributed by atoms with Crippen molar-refractivity contribution in [3.8, 4) is 0 Å². The highest BCUT2D eigenvalue weighted by Gasteiger charge is 2.30. The Morgan fingerprint density at radius 3 is 2.30 bits per heavy atom. The van der Waals surface area contributed by atoms with Gasteiger partial charge in [0.05, 0.1) is 24.1 Å². The predicted molar refractivity (Wildman–Crippen MR) is 101 cm³/mol. The molecule has 1 saturated carbocycles. The maximum Gasteiger partial charge on any atom is 0.253 e. The lowest BCUT2D eigenvalue weighted by molar-refractivity contribution is -0.118. The molecule has 142 valence electrons. The number of benzene rings is 2. The maximum atomic E-state index is 12.6. The molecule has 0 spiro atoms. The number of hydrogen-bond acceptors (Lipinski definition) is 5. The molecule has 8 nitrogen and oxygen atoms in total. The molecule has 0 radical (unpaired) electrons. The molecule has 0 atom stereocenters. The number of carbonyl (C=O) groups is 3. The summed E-state index contributed by atoms with van der Waals surface area (Å²) in [7, 11) is -3.70. The van der Waals surface area contributed by atoms with Gasteiger partial charge in [-0.15, -0.1) is 0 Å². The van der Waals surface area contributed by atoms with Crippen molar-refractivity contribution in [2.24, 2.45) is 5.92 Å². The van der Waals surface area contributed by atoms with E-state index < -0.39 is 28.4 Å². The molecule has 1 aliphatic rings. The summed E-state index contributed by atoms with van der Waals surface area (Å²) in [4.78, 5) is 36.3. The summed E-state index contributed by atoms with van der Waals surface area (Å²) >= 11 is 0. The van der Waals surface area contributed by atoms with E-state index in [9.17, 15) is 22.8 Å². The summed E-state index contributed by atoms with van der Waals surface area (Å²) in [5, 5.41) is 6.81. The number of anilines is 1. The number of fused-ring (bicyclic) bond motifs is 1. The molecule has 3 rings (SSSR count). The van der Waals surface area contributed by atoms with E-state index in [0.29, 0.717) is 5.69 Å². The van der Waals surface area contributed by atoms with Crippen LogP contribution in [0.2, 0.25) is 0 Å². The van der Waals surface area contributed by atoms with Gasteiger partial charge in [-0.25, -0.2) is 8.42 Å². The van der Waals surface area contributed by atoms with Gasteiger partial charge in [-0.1, -0.05) is 24.3 Å². The summed E-state index contributed by atoms with van der Waals surface area (Å²) in [5.41, 5.74) is 0.557. The summed E-state index contributed by atoms with van der Waals surface area (Å²) < 4.78 is 23.9. The summed E-state index contributed by atoms with van der Waals surface area (Å²) in [6, 6.07) is 10.7. The molecule has 0 unspecified atom stereocenters. The molecule has 2 aromatic rings. The predicted octanol–water partition coefficient (Wildman–Crippen LogP) is 0.994. The van der Waals surface area contributed by atoms with Crippen LogP contribution in [0.5, 0.6) is 0 Å². The van der Waals surface area contributed by atoms with E-state index in [1.807, 2.05) is 24.3 Å². The minimum absolute atomic E-state index is 0.0343. The monoisotopic (exact) mass is 389 g/mol. The van der Waals surface area contributed by atoms with Crippen molar-refractivity contribution in [1.82, 2.24) is 10.0 Å². The number of rotatable bonds is 6. The third kappa shape index (κ3) is 5.04. The molecule has 3 amide bonds. The molecule has 0 saturated heterocycles. The number of carbonyl (C=O) groups excluding carboxylic acids is 3. The summed E-state index contributed by atoms with van der Waals surface area (Å²) in [6.45, 7) is -0.505. The van der Waals surface area contributed by atoms with Crippen LogP contribution in [0.25, 0.3) is 10.8 Å². The molecule has 27 heavy (non-hydrogen) atoms. The van der Waals surface area contributed by atoms with Crippen LogP contribution in [0.3, 0.4) is 0 Å². The fourth-order valence-electron chi connectivity index (χ4n) is 2.61. The molecule has 1 fully saturated rings. The molecule has 0 heterocycles. The Labute approximate surface area is 156 Å². The van der Waals surface area contributed by atoms with E-state index >= 15 is 0 Å². The Morgan fingerprint density at radius 2 is 1.70 bits per heavy atom. The van der Waals surface area contributed by atoms with Crippen molar-refractivity contribution < 1.29 is 22.8 Å². The van der Waals surface area contributed by atoms with Crippen molar-refractivity contribution >= 4 is 44.2 Å². The van der Waals surface area contributed by atoms with Crippen LogP contribution in [0.15, 0.2) is 36.4 Å². The summed E-state index contributed by atoms with van der Waals surface area (Å²) in [5.74, 6) is -1.62. The lowest BCUT2D eigenvalue weighted by Gasteiger charge is -2.13. The fourth-order valence-corrected chi connectivity index (χ4v) is 3.10. The van der Waals surface area contributed by atoms with Crippen LogP contribution in [0, 0.1) is 5.92 Å². The van der Waals surface area contributed by atoms with Gasteiger partial charge in [-0.05, 0) is 35.7 Å². The Bertz CT molecular complexity index is 1030. The van der Waals surface area contributed by atoms with E-state index in [1.54, 1.807) is 16.9 Å². The number of sulfonamides is 1. The van der Waals surface area contributed by atoms with Gasteiger partial charge in [0.15, 0.2) is 0 Å². The molecule has 0 aliphatic heterocycles. The molecule has 1 aliphatic carbocycles. The van der Waals surface area contributed by atoms with Gasteiger partial charge < -0.3 is 10.6 Å². The third-order valence-electron chi connectivity index (χ3n) is 4.05. The highest BCUT2D eigenvalue weighted by atomic mass is 32.2. The van der Waals surface area contributed by atoms with E-state index in [0.717, 1.165) is 29.9 Å². The van der Waals surface area contributed by atoms with Crippen LogP contribution in [-0.2, 0) is 19.6 Å². The van der Waals surface area contributed by atoms with Gasteiger partial charge in [-0.2, -0.15) is 0 Å². The quantitative estimate of drug-likeness (QED) is 0.680. The Morgan fingerprint density at radius 1 is 1.07 bits per heavy atom. The topological polar surface area (TPSA) is 121 Å². The minimum Gasteiger partial charge on any atom is -0.343 e. The van der Waals surface area contributed by atoms with Crippen LogP contribution < -0.4 is 15.4 Å². The van der Waals surface area contributed by atoms with Crippen molar-refractivity contribution in [2.45, 2.75) is 12.8 Å². The first-order chi connectivity index (χ1) is 12.7. The SMILES string of the molecule is CS(=O)(=O)NC(=O)CNC(=O)c1cc2ccccc2cc1NC(=O)C1CC1. The second-order valence-electron chi connectivity index (χ2n) is 6.49. The van der Waals surface area contributed by atoms with Crippen LogP contribution >= 0.6 is 0 Å². The Hall–Kier alpha value is -2.94. The van der Waals surface area contributed by atoms with Crippen molar-refractivity contribution in [3.63, 3.8) is 0 Å².